The van der Waals surface area contributed by atoms with E-state index in [-0.39, 0.29) is 21.0 Å². The predicted molar refractivity (Wildman–Crippen MR) is 60.1 cm³/mol. The number of rotatable bonds is 0. The van der Waals surface area contributed by atoms with Gasteiger partial charge < -0.3 is 6.15 Å². The smallest absolute Gasteiger partial charge is 0.0406 e. The Morgan fingerprint density at radius 1 is 0.462 bits per heavy atom. The molecule has 4 saturated carbocycles. The molecule has 0 unspecified atom stereocenters. The van der Waals surface area contributed by atoms with Crippen molar-refractivity contribution < 1.29 is 0 Å². The van der Waals surface area contributed by atoms with Gasteiger partial charge in [0.25, 0.3) is 0 Å². The summed E-state index contributed by atoms with van der Waals surface area (Å²) in [5.74, 6) is 4.71. The molecular formula is C12H27N. The van der Waals surface area contributed by atoms with Crippen molar-refractivity contribution in [3.05, 3.63) is 0 Å². The minimum Gasteiger partial charge on any atom is -0.344 e. The third kappa shape index (κ3) is 2.07. The average molecular weight is 185 g/mol. The Labute approximate surface area is 83.9 Å². The molecule has 4 bridgehead atoms. The van der Waals surface area contributed by atoms with Crippen molar-refractivity contribution in [1.82, 2.24) is 6.15 Å². The highest BCUT2D eigenvalue weighted by atomic mass is 14.5. The SMILES string of the molecule is C.C.C1C2CC3CC1CC(C2)C3.N. The van der Waals surface area contributed by atoms with Crippen LogP contribution in [0.2, 0.25) is 0 Å². The summed E-state index contributed by atoms with van der Waals surface area (Å²) in [6.45, 7) is 0. The molecular weight excluding hydrogens is 158 g/mol. The van der Waals surface area contributed by atoms with E-state index in [1.165, 1.54) is 23.7 Å². The summed E-state index contributed by atoms with van der Waals surface area (Å²) >= 11 is 0. The second-order valence-electron chi connectivity index (χ2n) is 4.88. The molecule has 0 aromatic carbocycles. The molecule has 4 fully saturated rings. The minimum absolute atomic E-state index is 0. The third-order valence-corrected chi connectivity index (χ3v) is 4.00. The Morgan fingerprint density at radius 2 is 0.615 bits per heavy atom. The molecule has 0 spiro atoms. The molecule has 4 aliphatic carbocycles. The highest BCUT2D eigenvalue weighted by molar-refractivity contribution is 4.92. The highest BCUT2D eigenvalue weighted by Crippen LogP contribution is 2.53. The van der Waals surface area contributed by atoms with E-state index in [4.69, 9.17) is 0 Å². The summed E-state index contributed by atoms with van der Waals surface area (Å²) in [5.41, 5.74) is 0. The van der Waals surface area contributed by atoms with Crippen LogP contribution < -0.4 is 6.15 Å². The average Bonchev–Trinajstić information content (AvgIpc) is 1.82. The van der Waals surface area contributed by atoms with Gasteiger partial charge in [0.2, 0.25) is 0 Å². The number of hydrogen-bond acceptors (Lipinski definition) is 1. The normalized spacial score (nSPS) is 44.3. The van der Waals surface area contributed by atoms with Gasteiger partial charge in [-0.3, -0.25) is 0 Å². The van der Waals surface area contributed by atoms with Crippen LogP contribution in [0, 0.1) is 23.7 Å². The van der Waals surface area contributed by atoms with Crippen molar-refractivity contribution in [2.45, 2.75) is 53.4 Å². The van der Waals surface area contributed by atoms with Crippen molar-refractivity contribution in [3.63, 3.8) is 0 Å². The fourth-order valence-electron chi connectivity index (χ4n) is 3.98. The van der Waals surface area contributed by atoms with Crippen LogP contribution in [0.4, 0.5) is 0 Å². The molecule has 0 amide bonds. The Morgan fingerprint density at radius 3 is 0.769 bits per heavy atom. The lowest BCUT2D eigenvalue weighted by atomic mass is 9.56. The standard InChI is InChI=1S/C10H16.2CH4.H3N/c1-7-2-9-4-8(1)5-10(3-7)6-9;;;/h7-10H,1-6H2;2*1H4;1H3. The maximum Gasteiger partial charge on any atom is -0.0406 e. The molecule has 4 rings (SSSR count). The van der Waals surface area contributed by atoms with Gasteiger partial charge in [0.15, 0.2) is 0 Å². The molecule has 0 heterocycles. The third-order valence-electron chi connectivity index (χ3n) is 4.00. The van der Waals surface area contributed by atoms with Gasteiger partial charge in [0.05, 0.1) is 0 Å². The van der Waals surface area contributed by atoms with Crippen LogP contribution in [0.3, 0.4) is 0 Å². The summed E-state index contributed by atoms with van der Waals surface area (Å²) in [4.78, 5) is 0. The molecule has 80 valence electrons. The van der Waals surface area contributed by atoms with E-state index in [0.29, 0.717) is 0 Å². The van der Waals surface area contributed by atoms with Crippen LogP contribution >= 0.6 is 0 Å². The van der Waals surface area contributed by atoms with Crippen molar-refractivity contribution >= 4 is 0 Å². The van der Waals surface area contributed by atoms with Crippen LogP contribution in [0.5, 0.6) is 0 Å². The van der Waals surface area contributed by atoms with Gasteiger partial charge in [-0.25, -0.2) is 0 Å². The fourth-order valence-corrected chi connectivity index (χ4v) is 3.98. The molecule has 0 aliphatic heterocycles. The molecule has 0 aromatic rings. The predicted octanol–water partition coefficient (Wildman–Crippen LogP) is 4.27. The molecule has 0 atom stereocenters. The molecule has 3 N–H and O–H groups in total. The Hall–Kier alpha value is -0.0400. The van der Waals surface area contributed by atoms with E-state index in [1.807, 2.05) is 0 Å². The Bertz CT molecular complexity index is 96.7. The Kier molecular flexibility index (Phi) is 4.44. The van der Waals surface area contributed by atoms with Crippen molar-refractivity contribution in [2.24, 2.45) is 23.7 Å². The van der Waals surface area contributed by atoms with Gasteiger partial charge in [-0.15, -0.1) is 0 Å². The zero-order valence-electron chi connectivity index (χ0n) is 7.26. The summed E-state index contributed by atoms with van der Waals surface area (Å²) in [7, 11) is 0. The van der Waals surface area contributed by atoms with Gasteiger partial charge >= 0.3 is 0 Å². The fraction of sp³-hybridized carbons (Fsp3) is 1.00. The summed E-state index contributed by atoms with van der Waals surface area (Å²) < 4.78 is 0. The van der Waals surface area contributed by atoms with Crippen LogP contribution in [-0.2, 0) is 0 Å². The van der Waals surface area contributed by atoms with E-state index in [9.17, 15) is 0 Å². The zero-order valence-corrected chi connectivity index (χ0v) is 7.26. The Balaban J connectivity index is 0.000000480. The second kappa shape index (κ2) is 4.45. The quantitative estimate of drug-likeness (QED) is 0.601. The molecule has 4 aliphatic rings. The van der Waals surface area contributed by atoms with Crippen molar-refractivity contribution in [3.8, 4) is 0 Å². The van der Waals surface area contributed by atoms with E-state index >= 15 is 0 Å². The maximum absolute atomic E-state index is 1.60. The van der Waals surface area contributed by atoms with E-state index in [2.05, 4.69) is 0 Å². The lowest BCUT2D eigenvalue weighted by Crippen LogP contribution is -2.38. The first-order valence-electron chi connectivity index (χ1n) is 4.90. The van der Waals surface area contributed by atoms with Crippen LogP contribution in [0.15, 0.2) is 0 Å². The zero-order chi connectivity index (χ0) is 6.55. The molecule has 0 radical (unpaired) electrons. The molecule has 13 heavy (non-hydrogen) atoms. The van der Waals surface area contributed by atoms with E-state index in [1.54, 1.807) is 38.5 Å². The topological polar surface area (TPSA) is 35.0 Å². The van der Waals surface area contributed by atoms with Gasteiger partial charge in [0.1, 0.15) is 0 Å². The first kappa shape index (κ1) is 13.0. The number of hydrogen-bond donors (Lipinski definition) is 1. The maximum atomic E-state index is 1.60. The van der Waals surface area contributed by atoms with Crippen LogP contribution in [0.25, 0.3) is 0 Å². The van der Waals surface area contributed by atoms with Crippen LogP contribution in [-0.4, -0.2) is 0 Å². The van der Waals surface area contributed by atoms with E-state index in [0.717, 1.165) is 0 Å². The van der Waals surface area contributed by atoms with Crippen molar-refractivity contribution in [1.29, 1.82) is 0 Å². The van der Waals surface area contributed by atoms with E-state index < -0.39 is 0 Å². The monoisotopic (exact) mass is 185 g/mol. The largest absolute Gasteiger partial charge is 0.344 e. The lowest BCUT2D eigenvalue weighted by Gasteiger charge is -2.49. The molecule has 0 saturated heterocycles. The molecule has 0 aromatic heterocycles. The minimum atomic E-state index is 0. The van der Waals surface area contributed by atoms with Crippen molar-refractivity contribution in [2.75, 3.05) is 0 Å². The summed E-state index contributed by atoms with van der Waals surface area (Å²) in [5, 5.41) is 0. The van der Waals surface area contributed by atoms with Gasteiger partial charge in [-0.05, 0) is 62.2 Å². The summed E-state index contributed by atoms with van der Waals surface area (Å²) in [6.07, 6.45) is 9.62. The highest BCUT2D eigenvalue weighted by Gasteiger charge is 2.41. The second-order valence-corrected chi connectivity index (χ2v) is 4.88. The summed E-state index contributed by atoms with van der Waals surface area (Å²) in [6, 6.07) is 0. The van der Waals surface area contributed by atoms with Gasteiger partial charge in [-0.1, -0.05) is 14.9 Å². The lowest BCUT2D eigenvalue weighted by molar-refractivity contribution is 0.0198. The van der Waals surface area contributed by atoms with Gasteiger partial charge in [-0.2, -0.15) is 0 Å². The first-order valence-corrected chi connectivity index (χ1v) is 4.90. The van der Waals surface area contributed by atoms with Gasteiger partial charge in [0, 0.05) is 0 Å². The van der Waals surface area contributed by atoms with Crippen LogP contribution in [0.1, 0.15) is 53.4 Å². The first-order chi connectivity index (χ1) is 4.90. The molecule has 1 nitrogen and oxygen atoms in total. The molecule has 1 heteroatoms.